The van der Waals surface area contributed by atoms with Crippen molar-refractivity contribution in [3.8, 4) is 0 Å². The van der Waals surface area contributed by atoms with Crippen LogP contribution in [0.4, 0.5) is 13.2 Å². The van der Waals surface area contributed by atoms with Crippen LogP contribution in [0.15, 0.2) is 0 Å². The number of nitrogens with zero attached hydrogens (tertiary/aromatic N) is 3. The molecule has 20 heavy (non-hydrogen) atoms. The van der Waals surface area contributed by atoms with Gasteiger partial charge in [0.2, 0.25) is 5.82 Å². The van der Waals surface area contributed by atoms with Crippen LogP contribution in [-0.4, -0.2) is 56.3 Å². The Morgan fingerprint density at radius 2 is 2.00 bits per heavy atom. The minimum atomic E-state index is -4.71. The van der Waals surface area contributed by atoms with E-state index in [1.54, 1.807) is 13.8 Å². The van der Waals surface area contributed by atoms with Crippen molar-refractivity contribution >= 4 is 11.9 Å². The van der Waals surface area contributed by atoms with Crippen LogP contribution in [0, 0.1) is 0 Å². The monoisotopic (exact) mass is 294 g/mol. The highest BCUT2D eigenvalue weighted by Gasteiger charge is 2.35. The Labute approximate surface area is 111 Å². The minimum absolute atomic E-state index is 0.0976. The summed E-state index contributed by atoms with van der Waals surface area (Å²) in [6.45, 7) is 0.743. The fourth-order valence-corrected chi connectivity index (χ4v) is 1.35. The molecule has 0 saturated heterocycles. The Morgan fingerprint density at radius 3 is 2.40 bits per heavy atom. The molecule has 10 heteroatoms. The van der Waals surface area contributed by atoms with Crippen molar-refractivity contribution in [1.29, 1.82) is 0 Å². The number of halogens is 3. The molecule has 1 aromatic rings. The van der Waals surface area contributed by atoms with Crippen LogP contribution in [0.5, 0.6) is 0 Å². The van der Waals surface area contributed by atoms with Crippen molar-refractivity contribution < 1.29 is 27.9 Å². The minimum Gasteiger partial charge on any atom is -0.480 e. The number of aromatic nitrogens is 3. The number of alkyl halides is 3. The third kappa shape index (κ3) is 4.52. The highest BCUT2D eigenvalue weighted by molar-refractivity contribution is 5.92. The van der Waals surface area contributed by atoms with E-state index < -0.39 is 37.0 Å². The van der Waals surface area contributed by atoms with Gasteiger partial charge < -0.3 is 10.0 Å². The van der Waals surface area contributed by atoms with E-state index >= 15 is 0 Å². The molecule has 2 N–H and O–H groups in total. The zero-order chi connectivity index (χ0) is 15.5. The lowest BCUT2D eigenvalue weighted by Gasteiger charge is -2.20. The molecule has 0 spiro atoms. The SMILES string of the molecule is CC(C)c1nc(C(=O)N(CC(=O)O)CC(F)(F)F)n[nH]1. The van der Waals surface area contributed by atoms with Crippen LogP contribution in [0.1, 0.15) is 36.2 Å². The lowest BCUT2D eigenvalue weighted by atomic mass is 10.2. The number of amides is 1. The summed E-state index contributed by atoms with van der Waals surface area (Å²) in [6.07, 6.45) is -4.71. The molecule has 0 aliphatic carbocycles. The number of rotatable bonds is 5. The number of carboxylic acids is 1. The Balaban J connectivity index is 2.93. The quantitative estimate of drug-likeness (QED) is 0.844. The van der Waals surface area contributed by atoms with E-state index in [1.807, 2.05) is 0 Å². The van der Waals surface area contributed by atoms with Gasteiger partial charge >= 0.3 is 12.1 Å². The molecule has 0 aliphatic rings. The molecule has 1 rings (SSSR count). The Hall–Kier alpha value is -2.13. The van der Waals surface area contributed by atoms with E-state index in [4.69, 9.17) is 5.11 Å². The largest absolute Gasteiger partial charge is 0.480 e. The number of aromatic amines is 1. The van der Waals surface area contributed by atoms with Gasteiger partial charge in [-0.05, 0) is 0 Å². The molecule has 1 heterocycles. The van der Waals surface area contributed by atoms with Crippen molar-refractivity contribution in [2.24, 2.45) is 0 Å². The van der Waals surface area contributed by atoms with Crippen molar-refractivity contribution in [3.05, 3.63) is 11.6 Å². The van der Waals surface area contributed by atoms with E-state index in [9.17, 15) is 22.8 Å². The summed E-state index contributed by atoms with van der Waals surface area (Å²) in [5, 5.41) is 14.5. The first-order valence-electron chi connectivity index (χ1n) is 5.60. The van der Waals surface area contributed by atoms with Crippen molar-refractivity contribution in [2.45, 2.75) is 25.9 Å². The topological polar surface area (TPSA) is 99.2 Å². The number of carboxylic acid groups (broad SMARTS) is 1. The van der Waals surface area contributed by atoms with Gasteiger partial charge in [0, 0.05) is 5.92 Å². The van der Waals surface area contributed by atoms with Gasteiger partial charge in [-0.2, -0.15) is 13.2 Å². The highest BCUT2D eigenvalue weighted by atomic mass is 19.4. The molecular formula is C10H13F3N4O3. The maximum atomic E-state index is 12.3. The zero-order valence-corrected chi connectivity index (χ0v) is 10.7. The van der Waals surface area contributed by atoms with Crippen LogP contribution in [0.25, 0.3) is 0 Å². The summed E-state index contributed by atoms with van der Waals surface area (Å²) in [5.41, 5.74) is 0. The third-order valence-electron chi connectivity index (χ3n) is 2.22. The standard InChI is InChI=1S/C10H13F3N4O3/c1-5(2)7-14-8(16-15-7)9(20)17(3-6(18)19)4-10(11,12)13/h5H,3-4H2,1-2H3,(H,18,19)(H,14,15,16). The Bertz CT molecular complexity index is 498. The molecule has 0 bridgehead atoms. The fourth-order valence-electron chi connectivity index (χ4n) is 1.35. The molecule has 1 amide bonds. The number of hydrogen-bond donors (Lipinski definition) is 2. The molecule has 0 atom stereocenters. The number of H-pyrrole nitrogens is 1. The van der Waals surface area contributed by atoms with Crippen molar-refractivity contribution in [2.75, 3.05) is 13.1 Å². The molecule has 0 aliphatic heterocycles. The van der Waals surface area contributed by atoms with Crippen LogP contribution in [0.3, 0.4) is 0 Å². The molecule has 7 nitrogen and oxygen atoms in total. The second kappa shape index (κ2) is 5.88. The smallest absolute Gasteiger partial charge is 0.406 e. The first-order valence-corrected chi connectivity index (χ1v) is 5.60. The number of carbonyl (C=O) groups excluding carboxylic acids is 1. The first kappa shape index (κ1) is 15.9. The molecule has 0 saturated carbocycles. The lowest BCUT2D eigenvalue weighted by Crippen LogP contribution is -2.42. The average Bonchev–Trinajstić information content (AvgIpc) is 2.73. The Kier molecular flexibility index (Phi) is 4.69. The zero-order valence-electron chi connectivity index (χ0n) is 10.7. The predicted molar refractivity (Wildman–Crippen MR) is 60.1 cm³/mol. The molecule has 112 valence electrons. The summed E-state index contributed by atoms with van der Waals surface area (Å²) in [4.78, 5) is 26.2. The number of carbonyl (C=O) groups is 2. The summed E-state index contributed by atoms with van der Waals surface area (Å²) in [5.74, 6) is -3.00. The van der Waals surface area contributed by atoms with Gasteiger partial charge in [0.05, 0.1) is 0 Å². The molecule has 1 aromatic heterocycles. The average molecular weight is 294 g/mol. The second-order valence-corrected chi connectivity index (χ2v) is 4.37. The van der Waals surface area contributed by atoms with E-state index in [1.165, 1.54) is 0 Å². The van der Waals surface area contributed by atoms with E-state index in [0.717, 1.165) is 0 Å². The summed E-state index contributed by atoms with van der Waals surface area (Å²) in [6, 6.07) is 0. The summed E-state index contributed by atoms with van der Waals surface area (Å²) >= 11 is 0. The first-order chi connectivity index (χ1) is 9.10. The van der Waals surface area contributed by atoms with Gasteiger partial charge in [0.1, 0.15) is 18.9 Å². The van der Waals surface area contributed by atoms with Crippen molar-refractivity contribution in [3.63, 3.8) is 0 Å². The third-order valence-corrected chi connectivity index (χ3v) is 2.22. The second-order valence-electron chi connectivity index (χ2n) is 4.37. The maximum absolute atomic E-state index is 12.3. The Morgan fingerprint density at radius 1 is 1.40 bits per heavy atom. The molecular weight excluding hydrogens is 281 g/mol. The van der Waals surface area contributed by atoms with Crippen LogP contribution < -0.4 is 0 Å². The van der Waals surface area contributed by atoms with Crippen LogP contribution >= 0.6 is 0 Å². The van der Waals surface area contributed by atoms with Gasteiger partial charge in [-0.15, -0.1) is 5.10 Å². The maximum Gasteiger partial charge on any atom is 0.406 e. The molecule has 0 unspecified atom stereocenters. The molecule has 0 fully saturated rings. The molecule has 0 radical (unpaired) electrons. The van der Waals surface area contributed by atoms with Gasteiger partial charge in [0.15, 0.2) is 0 Å². The number of hydrogen-bond acceptors (Lipinski definition) is 4. The summed E-state index contributed by atoms with van der Waals surface area (Å²) < 4.78 is 37.0. The summed E-state index contributed by atoms with van der Waals surface area (Å²) in [7, 11) is 0. The van der Waals surface area contributed by atoms with Gasteiger partial charge in [-0.3, -0.25) is 14.7 Å². The molecule has 0 aromatic carbocycles. The number of nitrogens with one attached hydrogen (secondary N) is 1. The van der Waals surface area contributed by atoms with Crippen molar-refractivity contribution in [1.82, 2.24) is 20.1 Å². The predicted octanol–water partition coefficient (Wildman–Crippen LogP) is 1.02. The van der Waals surface area contributed by atoms with Crippen LogP contribution in [-0.2, 0) is 4.79 Å². The van der Waals surface area contributed by atoms with E-state index in [2.05, 4.69) is 15.2 Å². The van der Waals surface area contributed by atoms with E-state index in [0.29, 0.717) is 5.82 Å². The van der Waals surface area contributed by atoms with E-state index in [-0.39, 0.29) is 10.8 Å². The fraction of sp³-hybridized carbons (Fsp3) is 0.600. The van der Waals surface area contributed by atoms with Gasteiger partial charge in [-0.25, -0.2) is 4.98 Å². The van der Waals surface area contributed by atoms with Crippen LogP contribution in [0.2, 0.25) is 0 Å². The van der Waals surface area contributed by atoms with Gasteiger partial charge in [0.25, 0.3) is 5.91 Å². The lowest BCUT2D eigenvalue weighted by molar-refractivity contribution is -0.149. The number of aliphatic carboxylic acids is 1. The highest BCUT2D eigenvalue weighted by Crippen LogP contribution is 2.17. The van der Waals surface area contributed by atoms with Gasteiger partial charge in [-0.1, -0.05) is 13.8 Å². The normalized spacial score (nSPS) is 11.7.